The smallest absolute Gasteiger partial charge is 0.117 e. The van der Waals surface area contributed by atoms with E-state index in [4.69, 9.17) is 5.11 Å². The zero-order chi connectivity index (χ0) is 6.53. The highest BCUT2D eigenvalue weighted by Crippen LogP contribution is 2.03. The van der Waals surface area contributed by atoms with Crippen molar-refractivity contribution >= 4 is 11.3 Å². The number of hydrogen-bond donors (Lipinski definition) is 1. The van der Waals surface area contributed by atoms with Gasteiger partial charge in [0.05, 0.1) is 0 Å². The summed E-state index contributed by atoms with van der Waals surface area (Å²) in [6.07, 6.45) is 1.64. The van der Waals surface area contributed by atoms with Crippen LogP contribution in [0.4, 0.5) is 0 Å². The first kappa shape index (κ1) is 6.64. The highest BCUT2D eigenvalue weighted by molar-refractivity contribution is 7.09. The minimum atomic E-state index is 0.236. The van der Waals surface area contributed by atoms with Crippen LogP contribution in [-0.4, -0.2) is 21.9 Å². The van der Waals surface area contributed by atoms with Crippen LogP contribution in [0.25, 0.3) is 0 Å². The second-order valence-corrected chi connectivity index (χ2v) is 2.58. The van der Waals surface area contributed by atoms with Crippen LogP contribution in [-0.2, 0) is 6.42 Å². The molecule has 0 aliphatic heterocycles. The SMILES string of the molecule is OCCCc1nncs1. The molecular formula is C5H8N2OS. The van der Waals surface area contributed by atoms with Crippen molar-refractivity contribution in [1.82, 2.24) is 10.2 Å². The van der Waals surface area contributed by atoms with Crippen LogP contribution in [0, 0.1) is 0 Å². The molecule has 0 aromatic carbocycles. The molecule has 1 aromatic heterocycles. The molecule has 9 heavy (non-hydrogen) atoms. The van der Waals surface area contributed by atoms with Gasteiger partial charge in [0.1, 0.15) is 10.5 Å². The number of nitrogens with zero attached hydrogens (tertiary/aromatic N) is 2. The van der Waals surface area contributed by atoms with Crippen molar-refractivity contribution in [1.29, 1.82) is 0 Å². The first-order valence-corrected chi connectivity index (χ1v) is 3.67. The molecule has 0 unspecified atom stereocenters. The minimum absolute atomic E-state index is 0.236. The predicted molar refractivity (Wildman–Crippen MR) is 35.3 cm³/mol. The number of aromatic nitrogens is 2. The molecule has 1 aromatic rings. The summed E-state index contributed by atoms with van der Waals surface area (Å²) in [5.74, 6) is 0. The van der Waals surface area contributed by atoms with Gasteiger partial charge >= 0.3 is 0 Å². The Morgan fingerprint density at radius 2 is 2.56 bits per heavy atom. The van der Waals surface area contributed by atoms with Crippen LogP contribution in [0.3, 0.4) is 0 Å². The normalized spacial score (nSPS) is 9.89. The molecule has 0 atom stereocenters. The summed E-state index contributed by atoms with van der Waals surface area (Å²) in [6.45, 7) is 0.236. The Labute approximate surface area is 57.4 Å². The van der Waals surface area contributed by atoms with Gasteiger partial charge < -0.3 is 5.11 Å². The average Bonchev–Trinajstić information content (AvgIpc) is 2.34. The lowest BCUT2D eigenvalue weighted by Gasteiger charge is -1.87. The van der Waals surface area contributed by atoms with E-state index in [9.17, 15) is 0 Å². The van der Waals surface area contributed by atoms with Gasteiger partial charge in [-0.25, -0.2) is 0 Å². The van der Waals surface area contributed by atoms with Gasteiger partial charge in [0, 0.05) is 13.0 Å². The summed E-state index contributed by atoms with van der Waals surface area (Å²) in [6, 6.07) is 0. The maximum atomic E-state index is 8.42. The fourth-order valence-electron chi connectivity index (χ4n) is 0.535. The quantitative estimate of drug-likeness (QED) is 0.670. The number of aliphatic hydroxyl groups excluding tert-OH is 1. The summed E-state index contributed by atoms with van der Waals surface area (Å²) >= 11 is 1.53. The molecule has 0 radical (unpaired) electrons. The van der Waals surface area contributed by atoms with Crippen molar-refractivity contribution in [3.05, 3.63) is 10.5 Å². The van der Waals surface area contributed by atoms with E-state index in [1.165, 1.54) is 11.3 Å². The summed E-state index contributed by atoms with van der Waals surface area (Å²) in [5, 5.41) is 16.9. The molecule has 4 heteroatoms. The van der Waals surface area contributed by atoms with Crippen LogP contribution in [0.2, 0.25) is 0 Å². The van der Waals surface area contributed by atoms with E-state index in [2.05, 4.69) is 10.2 Å². The topological polar surface area (TPSA) is 46.0 Å². The van der Waals surface area contributed by atoms with E-state index < -0.39 is 0 Å². The molecule has 0 spiro atoms. The van der Waals surface area contributed by atoms with Crippen molar-refractivity contribution in [2.75, 3.05) is 6.61 Å². The lowest BCUT2D eigenvalue weighted by atomic mass is 10.3. The highest BCUT2D eigenvalue weighted by atomic mass is 32.1. The number of aliphatic hydroxyl groups is 1. The van der Waals surface area contributed by atoms with E-state index in [1.807, 2.05) is 0 Å². The average molecular weight is 144 g/mol. The molecule has 1 N–H and O–H groups in total. The van der Waals surface area contributed by atoms with Crippen molar-refractivity contribution in [3.8, 4) is 0 Å². The van der Waals surface area contributed by atoms with E-state index in [1.54, 1.807) is 5.51 Å². The Kier molecular flexibility index (Phi) is 2.60. The molecule has 0 amide bonds. The lowest BCUT2D eigenvalue weighted by molar-refractivity contribution is 0.288. The van der Waals surface area contributed by atoms with Gasteiger partial charge in [-0.1, -0.05) is 0 Å². The van der Waals surface area contributed by atoms with Crippen LogP contribution in [0.5, 0.6) is 0 Å². The summed E-state index contributed by atoms with van der Waals surface area (Å²) in [5.41, 5.74) is 1.70. The van der Waals surface area contributed by atoms with Crippen LogP contribution < -0.4 is 0 Å². The van der Waals surface area contributed by atoms with Crippen molar-refractivity contribution in [2.24, 2.45) is 0 Å². The fraction of sp³-hybridized carbons (Fsp3) is 0.600. The van der Waals surface area contributed by atoms with Gasteiger partial charge in [-0.3, -0.25) is 0 Å². The second-order valence-electron chi connectivity index (χ2n) is 1.66. The zero-order valence-corrected chi connectivity index (χ0v) is 5.77. The van der Waals surface area contributed by atoms with Crippen LogP contribution >= 0.6 is 11.3 Å². The van der Waals surface area contributed by atoms with E-state index in [-0.39, 0.29) is 6.61 Å². The number of rotatable bonds is 3. The molecular weight excluding hydrogens is 136 g/mol. The predicted octanol–water partition coefficient (Wildman–Crippen LogP) is 0.463. The minimum Gasteiger partial charge on any atom is -0.396 e. The monoisotopic (exact) mass is 144 g/mol. The molecule has 0 fully saturated rings. The Balaban J connectivity index is 2.30. The highest BCUT2D eigenvalue weighted by Gasteiger charge is 1.93. The van der Waals surface area contributed by atoms with Gasteiger partial charge in [-0.15, -0.1) is 21.5 Å². The van der Waals surface area contributed by atoms with Gasteiger partial charge in [-0.2, -0.15) is 0 Å². The molecule has 0 bridgehead atoms. The molecule has 0 saturated carbocycles. The van der Waals surface area contributed by atoms with Crippen LogP contribution in [0.15, 0.2) is 5.51 Å². The summed E-state index contributed by atoms with van der Waals surface area (Å²) < 4.78 is 0. The summed E-state index contributed by atoms with van der Waals surface area (Å²) in [7, 11) is 0. The van der Waals surface area contributed by atoms with Gasteiger partial charge in [0.15, 0.2) is 0 Å². The second kappa shape index (κ2) is 3.53. The Morgan fingerprint density at radius 3 is 3.11 bits per heavy atom. The van der Waals surface area contributed by atoms with Gasteiger partial charge in [-0.05, 0) is 6.42 Å². The summed E-state index contributed by atoms with van der Waals surface area (Å²) in [4.78, 5) is 0. The largest absolute Gasteiger partial charge is 0.396 e. The fourth-order valence-corrected chi connectivity index (χ4v) is 1.11. The molecule has 1 heterocycles. The molecule has 0 aliphatic rings. The number of hydrogen-bond acceptors (Lipinski definition) is 4. The first-order valence-electron chi connectivity index (χ1n) is 2.79. The number of aryl methyl sites for hydroxylation is 1. The standard InChI is InChI=1S/C5H8N2OS/c8-3-1-2-5-7-6-4-9-5/h4,8H,1-3H2. The van der Waals surface area contributed by atoms with E-state index in [0.717, 1.165) is 17.8 Å². The maximum Gasteiger partial charge on any atom is 0.117 e. The van der Waals surface area contributed by atoms with Gasteiger partial charge in [0.25, 0.3) is 0 Å². The third-order valence-electron chi connectivity index (χ3n) is 0.954. The van der Waals surface area contributed by atoms with Crippen molar-refractivity contribution in [2.45, 2.75) is 12.8 Å². The molecule has 1 rings (SSSR count). The zero-order valence-electron chi connectivity index (χ0n) is 4.95. The third kappa shape index (κ3) is 2.07. The lowest BCUT2D eigenvalue weighted by Crippen LogP contribution is -1.87. The van der Waals surface area contributed by atoms with Crippen molar-refractivity contribution in [3.63, 3.8) is 0 Å². The first-order chi connectivity index (χ1) is 4.43. The molecule has 50 valence electrons. The van der Waals surface area contributed by atoms with Gasteiger partial charge in [0.2, 0.25) is 0 Å². The Hall–Kier alpha value is -0.480. The maximum absolute atomic E-state index is 8.42. The van der Waals surface area contributed by atoms with Crippen molar-refractivity contribution < 1.29 is 5.11 Å². The Bertz CT molecular complexity index is 152. The van der Waals surface area contributed by atoms with E-state index >= 15 is 0 Å². The van der Waals surface area contributed by atoms with Crippen LogP contribution in [0.1, 0.15) is 11.4 Å². The molecule has 0 saturated heterocycles. The molecule has 0 aliphatic carbocycles. The Morgan fingerprint density at radius 1 is 1.67 bits per heavy atom. The third-order valence-corrected chi connectivity index (χ3v) is 1.71. The van der Waals surface area contributed by atoms with E-state index in [0.29, 0.717) is 0 Å². The molecule has 3 nitrogen and oxygen atoms in total.